The predicted molar refractivity (Wildman–Crippen MR) is 154 cm³/mol. The number of ether oxygens (including phenoxy) is 2. The maximum Gasteiger partial charge on any atom is 0.174 e. The Hall–Kier alpha value is -3.59. The molecule has 0 bridgehead atoms. The van der Waals surface area contributed by atoms with Gasteiger partial charge in [-0.25, -0.2) is 0 Å². The van der Waals surface area contributed by atoms with Crippen LogP contribution in [0.2, 0.25) is 5.02 Å². The largest absolute Gasteiger partial charge is 0.508 e. The Morgan fingerprint density at radius 3 is 2.47 bits per heavy atom. The number of anilines is 1. The van der Waals surface area contributed by atoms with E-state index >= 15 is 0 Å². The first-order valence-corrected chi connectivity index (χ1v) is 13.1. The van der Waals surface area contributed by atoms with Crippen molar-refractivity contribution in [3.05, 3.63) is 101 Å². The van der Waals surface area contributed by atoms with E-state index in [9.17, 15) is 5.11 Å². The number of nitrogens with zero attached hydrogens (tertiary/aromatic N) is 3. The Balaban J connectivity index is 1.60. The number of halogens is 1. The van der Waals surface area contributed by atoms with Crippen molar-refractivity contribution in [3.63, 3.8) is 0 Å². The number of hydrogen-bond donors (Lipinski definition) is 2. The number of benzene rings is 2. The number of pyridine rings is 1. The Kier molecular flexibility index (Phi) is 7.56. The fourth-order valence-electron chi connectivity index (χ4n) is 5.03. The van der Waals surface area contributed by atoms with E-state index in [2.05, 4.69) is 39.7 Å². The lowest BCUT2D eigenvalue weighted by Crippen LogP contribution is -2.29. The number of phenolic OH excluding ortho intramolecular Hbond substituents is 1. The van der Waals surface area contributed by atoms with Crippen molar-refractivity contribution >= 4 is 34.6 Å². The second kappa shape index (κ2) is 11.0. The molecule has 9 heteroatoms. The van der Waals surface area contributed by atoms with Crippen LogP contribution in [-0.2, 0) is 4.74 Å². The van der Waals surface area contributed by atoms with E-state index in [1.54, 1.807) is 25.4 Å². The van der Waals surface area contributed by atoms with Crippen molar-refractivity contribution in [2.24, 2.45) is 0 Å². The molecule has 7 nitrogen and oxygen atoms in total. The van der Waals surface area contributed by atoms with Crippen molar-refractivity contribution < 1.29 is 14.6 Å². The van der Waals surface area contributed by atoms with Crippen LogP contribution in [0.1, 0.15) is 34.7 Å². The van der Waals surface area contributed by atoms with Crippen molar-refractivity contribution in [2.75, 3.05) is 25.2 Å². The van der Waals surface area contributed by atoms with Gasteiger partial charge in [0.15, 0.2) is 5.11 Å². The lowest BCUT2D eigenvalue weighted by Gasteiger charge is -2.28. The van der Waals surface area contributed by atoms with Crippen LogP contribution in [0.5, 0.6) is 11.5 Å². The first-order chi connectivity index (χ1) is 18.4. The first kappa shape index (κ1) is 26.0. The van der Waals surface area contributed by atoms with Gasteiger partial charge in [-0.3, -0.25) is 4.98 Å². The highest BCUT2D eigenvalue weighted by atomic mass is 35.5. The number of aromatic nitrogens is 2. The summed E-state index contributed by atoms with van der Waals surface area (Å²) in [6.45, 7) is 5.06. The zero-order valence-electron chi connectivity index (χ0n) is 21.4. The number of hydrogen-bond acceptors (Lipinski definition) is 5. The number of aromatic hydroxyl groups is 1. The molecule has 0 unspecified atom stereocenters. The second-order valence-electron chi connectivity index (χ2n) is 9.13. The van der Waals surface area contributed by atoms with Gasteiger partial charge in [-0.2, -0.15) is 0 Å². The van der Waals surface area contributed by atoms with Crippen molar-refractivity contribution in [2.45, 2.75) is 25.9 Å². The van der Waals surface area contributed by atoms with Crippen molar-refractivity contribution in [3.8, 4) is 17.2 Å². The summed E-state index contributed by atoms with van der Waals surface area (Å²) in [5, 5.41) is 14.4. The van der Waals surface area contributed by atoms with Crippen molar-refractivity contribution in [1.29, 1.82) is 0 Å². The van der Waals surface area contributed by atoms with Gasteiger partial charge < -0.3 is 29.4 Å². The zero-order valence-corrected chi connectivity index (χ0v) is 23.0. The maximum atomic E-state index is 9.80. The topological polar surface area (TPSA) is 71.8 Å². The number of rotatable bonds is 8. The normalized spacial score (nSPS) is 17.1. The Labute approximate surface area is 232 Å². The number of nitrogens with one attached hydrogen (secondary N) is 1. The highest BCUT2D eigenvalue weighted by Gasteiger charge is 2.42. The molecule has 0 saturated carbocycles. The molecule has 2 atom stereocenters. The SMILES string of the molecule is COCCOc1ccc(N2C(=S)N[C@H](c3ccccn3)[C@H]2c2cc(C)n(-c3ccc(O)cc3)c2C)cc1Cl. The van der Waals surface area contributed by atoms with Crippen LogP contribution in [0.3, 0.4) is 0 Å². The minimum absolute atomic E-state index is 0.186. The third kappa shape index (κ3) is 4.95. The third-order valence-electron chi connectivity index (χ3n) is 6.73. The summed E-state index contributed by atoms with van der Waals surface area (Å²) in [4.78, 5) is 6.76. The lowest BCUT2D eigenvalue weighted by atomic mass is 9.96. The van der Waals surface area contributed by atoms with Gasteiger partial charge in [0.2, 0.25) is 0 Å². The molecule has 3 heterocycles. The summed E-state index contributed by atoms with van der Waals surface area (Å²) in [7, 11) is 1.63. The summed E-state index contributed by atoms with van der Waals surface area (Å²) in [6, 6.07) is 20.6. The van der Waals surface area contributed by atoms with E-state index in [1.807, 2.05) is 48.5 Å². The molecule has 0 amide bonds. The monoisotopic (exact) mass is 548 g/mol. The van der Waals surface area contributed by atoms with E-state index in [1.165, 1.54) is 0 Å². The van der Waals surface area contributed by atoms with E-state index in [-0.39, 0.29) is 17.8 Å². The molecule has 2 aromatic heterocycles. The first-order valence-electron chi connectivity index (χ1n) is 12.3. The summed E-state index contributed by atoms with van der Waals surface area (Å²) in [5.74, 6) is 0.823. The van der Waals surface area contributed by atoms with Crippen LogP contribution in [-0.4, -0.2) is 40.1 Å². The minimum atomic E-state index is -0.189. The lowest BCUT2D eigenvalue weighted by molar-refractivity contribution is 0.146. The molecule has 0 spiro atoms. The van der Waals surface area contributed by atoms with E-state index in [4.69, 9.17) is 33.3 Å². The van der Waals surface area contributed by atoms with E-state index < -0.39 is 0 Å². The van der Waals surface area contributed by atoms with Crippen LogP contribution in [0.25, 0.3) is 5.69 Å². The molecule has 1 aliphatic heterocycles. The van der Waals surface area contributed by atoms with Crippen LogP contribution in [0, 0.1) is 13.8 Å². The molecule has 196 valence electrons. The Morgan fingerprint density at radius 2 is 1.79 bits per heavy atom. The number of phenols is 1. The highest BCUT2D eigenvalue weighted by Crippen LogP contribution is 2.45. The van der Waals surface area contributed by atoms with Gasteiger partial charge in [-0.1, -0.05) is 17.7 Å². The molecule has 0 radical (unpaired) electrons. The fraction of sp³-hybridized carbons (Fsp3) is 0.241. The van der Waals surface area contributed by atoms with Crippen molar-refractivity contribution in [1.82, 2.24) is 14.9 Å². The quantitative estimate of drug-likeness (QED) is 0.205. The molecular weight excluding hydrogens is 520 g/mol. The number of methoxy groups -OCH3 is 1. The van der Waals surface area contributed by atoms with Crippen LogP contribution >= 0.6 is 23.8 Å². The molecular formula is C29H29ClN4O3S. The van der Waals surface area contributed by atoms with E-state index in [0.717, 1.165) is 34.0 Å². The average Bonchev–Trinajstić information content (AvgIpc) is 3.41. The highest BCUT2D eigenvalue weighted by molar-refractivity contribution is 7.80. The molecule has 1 saturated heterocycles. The Bertz CT molecular complexity index is 1440. The van der Waals surface area contributed by atoms with Gasteiger partial charge in [-0.05, 0) is 92.3 Å². The van der Waals surface area contributed by atoms with Crippen LogP contribution in [0.15, 0.2) is 72.9 Å². The molecule has 1 aliphatic rings. The van der Waals surface area contributed by atoms with Gasteiger partial charge >= 0.3 is 0 Å². The maximum absolute atomic E-state index is 9.80. The molecule has 5 rings (SSSR count). The third-order valence-corrected chi connectivity index (χ3v) is 7.34. The molecule has 2 aromatic carbocycles. The van der Waals surface area contributed by atoms with Gasteiger partial charge in [0.05, 0.1) is 29.4 Å². The standard InChI is InChI=1S/C29H29ClN4O3S/c1-18-16-23(19(2)33(18)20-7-10-22(35)11-8-20)28-27(25-6-4-5-13-31-25)32-29(38)34(28)21-9-12-26(24(30)17-21)37-15-14-36-3/h4-13,16-17,27-28,35H,14-15H2,1-3H3,(H,32,38)/t27-,28-/m1/s1. The van der Waals surface area contributed by atoms with E-state index in [0.29, 0.717) is 29.1 Å². The minimum Gasteiger partial charge on any atom is -0.508 e. The van der Waals surface area contributed by atoms with Crippen LogP contribution < -0.4 is 15.0 Å². The predicted octanol–water partition coefficient (Wildman–Crippen LogP) is 6.05. The second-order valence-corrected chi connectivity index (χ2v) is 9.92. The molecule has 1 fully saturated rings. The Morgan fingerprint density at radius 1 is 1.03 bits per heavy atom. The summed E-state index contributed by atoms with van der Waals surface area (Å²) in [5.41, 5.74) is 5.96. The van der Waals surface area contributed by atoms with Gasteiger partial charge in [0.25, 0.3) is 0 Å². The van der Waals surface area contributed by atoms with Gasteiger partial charge in [0, 0.05) is 36.1 Å². The summed E-state index contributed by atoms with van der Waals surface area (Å²) >= 11 is 12.5. The molecule has 0 aliphatic carbocycles. The van der Waals surface area contributed by atoms with Crippen LogP contribution in [0.4, 0.5) is 5.69 Å². The number of aryl methyl sites for hydroxylation is 1. The number of thiocarbonyl (C=S) groups is 1. The zero-order chi connectivity index (χ0) is 26.8. The summed E-state index contributed by atoms with van der Waals surface area (Å²) in [6.07, 6.45) is 1.79. The smallest absolute Gasteiger partial charge is 0.174 e. The van der Waals surface area contributed by atoms with Gasteiger partial charge in [-0.15, -0.1) is 0 Å². The average molecular weight is 549 g/mol. The van der Waals surface area contributed by atoms with Gasteiger partial charge in [0.1, 0.15) is 18.1 Å². The molecule has 38 heavy (non-hydrogen) atoms. The molecule has 4 aromatic rings. The fourth-order valence-corrected chi connectivity index (χ4v) is 5.60. The summed E-state index contributed by atoms with van der Waals surface area (Å²) < 4.78 is 13.0. The molecule has 2 N–H and O–H groups in total.